The van der Waals surface area contributed by atoms with E-state index in [0.717, 1.165) is 108 Å². The highest BCUT2D eigenvalue weighted by molar-refractivity contribution is 5.77. The standard InChI is InChI=1S/C38H52N2O4/c1-3-4-11-21-40(34(42)15-10-6-9-14-26-12-7-5-8-13-26)30-18-17-29-31-23-27-16-19-33(43-2)36-35(27)38(29,37(30)44-36)20-22-39(31)25-28-24-32(28)41/h5,7-8,12-13,16,19,28-32,37,41H,3-4,6,9-11,14-15,17-18,20-25H2,1-2H3/t28?,29-,30+,31+,32?,37-,38-/m0/s1. The van der Waals surface area contributed by atoms with E-state index in [4.69, 9.17) is 9.47 Å². The molecule has 7 rings (SSSR count). The Bertz CT molecular complexity index is 1320. The monoisotopic (exact) mass is 600 g/mol. The minimum atomic E-state index is -0.114. The number of amides is 1. The summed E-state index contributed by atoms with van der Waals surface area (Å²) in [5, 5.41) is 10.2. The number of unbranched alkanes of at least 4 members (excludes halogenated alkanes) is 4. The van der Waals surface area contributed by atoms with Crippen molar-refractivity contribution >= 4 is 5.91 Å². The average molecular weight is 601 g/mol. The molecule has 0 radical (unpaired) electrons. The number of aliphatic hydroxyl groups excluding tert-OH is 1. The third-order valence-corrected chi connectivity index (χ3v) is 11.9. The van der Waals surface area contributed by atoms with Crippen LogP contribution < -0.4 is 9.47 Å². The Labute approximate surface area is 264 Å². The topological polar surface area (TPSA) is 62.2 Å². The Balaban J connectivity index is 1.12. The summed E-state index contributed by atoms with van der Waals surface area (Å²) in [5.41, 5.74) is 4.13. The van der Waals surface area contributed by atoms with Crippen molar-refractivity contribution in [2.24, 2.45) is 11.8 Å². The first kappa shape index (κ1) is 30.1. The fourth-order valence-electron chi connectivity index (χ4n) is 9.60. The third kappa shape index (κ3) is 5.34. The smallest absolute Gasteiger partial charge is 0.222 e. The summed E-state index contributed by atoms with van der Waals surface area (Å²) in [5.74, 6) is 3.07. The van der Waals surface area contributed by atoms with Crippen LogP contribution in [0.2, 0.25) is 0 Å². The molecule has 238 valence electrons. The number of ether oxygens (including phenoxy) is 2. The lowest BCUT2D eigenvalue weighted by molar-refractivity contribution is -0.143. The number of hydrogen-bond acceptors (Lipinski definition) is 5. The molecule has 3 fully saturated rings. The molecule has 2 unspecified atom stereocenters. The van der Waals surface area contributed by atoms with Crippen LogP contribution in [0.15, 0.2) is 42.5 Å². The van der Waals surface area contributed by atoms with E-state index in [-0.39, 0.29) is 23.7 Å². The normalized spacial score (nSPS) is 31.2. The predicted molar refractivity (Wildman–Crippen MR) is 173 cm³/mol. The molecule has 2 aromatic carbocycles. The predicted octanol–water partition coefficient (Wildman–Crippen LogP) is 6.31. The van der Waals surface area contributed by atoms with Gasteiger partial charge in [-0.2, -0.15) is 0 Å². The molecule has 1 spiro atoms. The van der Waals surface area contributed by atoms with Crippen LogP contribution in [0.5, 0.6) is 11.5 Å². The van der Waals surface area contributed by atoms with Crippen LogP contribution in [0.3, 0.4) is 0 Å². The zero-order valence-electron chi connectivity index (χ0n) is 26.9. The van der Waals surface area contributed by atoms with Crippen LogP contribution in [-0.2, 0) is 23.1 Å². The molecule has 6 heteroatoms. The van der Waals surface area contributed by atoms with Crippen LogP contribution in [0.25, 0.3) is 0 Å². The molecule has 6 nitrogen and oxygen atoms in total. The minimum Gasteiger partial charge on any atom is -0.493 e. The van der Waals surface area contributed by atoms with Gasteiger partial charge in [0.25, 0.3) is 0 Å². The van der Waals surface area contributed by atoms with Gasteiger partial charge < -0.3 is 19.5 Å². The number of aliphatic hydroxyl groups is 1. The number of benzene rings is 2. The van der Waals surface area contributed by atoms with E-state index in [1.165, 1.54) is 16.7 Å². The largest absolute Gasteiger partial charge is 0.493 e. The molecule has 1 saturated heterocycles. The molecule has 5 aliphatic rings. The highest BCUT2D eigenvalue weighted by atomic mass is 16.5. The van der Waals surface area contributed by atoms with Gasteiger partial charge in [-0.25, -0.2) is 0 Å². The molecule has 44 heavy (non-hydrogen) atoms. The van der Waals surface area contributed by atoms with Crippen molar-refractivity contribution in [1.29, 1.82) is 0 Å². The summed E-state index contributed by atoms with van der Waals surface area (Å²) < 4.78 is 13.0. The highest BCUT2D eigenvalue weighted by Gasteiger charge is 2.67. The maximum Gasteiger partial charge on any atom is 0.222 e. The Morgan fingerprint density at radius 1 is 1.09 bits per heavy atom. The SMILES string of the molecule is CCCCCN(C(=O)CCCCCc1ccccc1)[C@@H]1CC[C@H]2[C@H]3Cc4ccc(OC)c5c4[C@@]2(CCN3CC2CC2O)[C@H]1O5. The van der Waals surface area contributed by atoms with Gasteiger partial charge in [0.15, 0.2) is 11.5 Å². The van der Waals surface area contributed by atoms with Gasteiger partial charge in [0, 0.05) is 42.4 Å². The van der Waals surface area contributed by atoms with Gasteiger partial charge in [0.2, 0.25) is 5.91 Å². The number of nitrogens with zero attached hydrogens (tertiary/aromatic N) is 2. The van der Waals surface area contributed by atoms with E-state index in [9.17, 15) is 9.90 Å². The number of piperidine rings is 1. The van der Waals surface area contributed by atoms with Crippen LogP contribution in [0, 0.1) is 11.8 Å². The van der Waals surface area contributed by atoms with Gasteiger partial charge >= 0.3 is 0 Å². The first-order chi connectivity index (χ1) is 21.5. The summed E-state index contributed by atoms with van der Waals surface area (Å²) in [7, 11) is 1.75. The molecule has 2 aromatic rings. The molecule has 2 saturated carbocycles. The maximum atomic E-state index is 14.1. The van der Waals surface area contributed by atoms with Crippen LogP contribution >= 0.6 is 0 Å². The van der Waals surface area contributed by atoms with E-state index in [2.05, 4.69) is 59.2 Å². The van der Waals surface area contributed by atoms with Gasteiger partial charge in [-0.15, -0.1) is 0 Å². The van der Waals surface area contributed by atoms with Crippen LogP contribution in [-0.4, -0.2) is 71.8 Å². The number of likely N-dealkylation sites (tertiary alicyclic amines) is 1. The molecule has 2 heterocycles. The zero-order valence-corrected chi connectivity index (χ0v) is 26.9. The number of methoxy groups -OCH3 is 1. The van der Waals surface area contributed by atoms with Gasteiger partial charge in [0.1, 0.15) is 6.10 Å². The summed E-state index contributed by atoms with van der Waals surface area (Å²) in [6.45, 7) is 5.12. The number of rotatable bonds is 14. The number of aryl methyl sites for hydroxylation is 1. The molecular weight excluding hydrogens is 548 g/mol. The zero-order chi connectivity index (χ0) is 30.3. The van der Waals surface area contributed by atoms with Crippen molar-refractivity contribution in [1.82, 2.24) is 9.80 Å². The lowest BCUT2D eigenvalue weighted by Crippen LogP contribution is -2.69. The number of carbonyl (C=O) groups excluding carboxylic acids is 1. The van der Waals surface area contributed by atoms with Crippen molar-refractivity contribution in [2.75, 3.05) is 26.7 Å². The third-order valence-electron chi connectivity index (χ3n) is 11.9. The lowest BCUT2D eigenvalue weighted by atomic mass is 9.51. The first-order valence-electron chi connectivity index (χ1n) is 17.7. The van der Waals surface area contributed by atoms with Crippen molar-refractivity contribution < 1.29 is 19.4 Å². The van der Waals surface area contributed by atoms with Crippen molar-refractivity contribution in [3.63, 3.8) is 0 Å². The Morgan fingerprint density at radius 3 is 2.70 bits per heavy atom. The van der Waals surface area contributed by atoms with Crippen LogP contribution in [0.4, 0.5) is 0 Å². The Kier molecular flexibility index (Phi) is 8.67. The van der Waals surface area contributed by atoms with Crippen molar-refractivity contribution in [2.45, 2.75) is 120 Å². The molecular formula is C38H52N2O4. The molecule has 0 aromatic heterocycles. The fraction of sp³-hybridized carbons (Fsp3) is 0.658. The second-order valence-electron chi connectivity index (χ2n) is 14.4. The molecule has 2 aliphatic heterocycles. The summed E-state index contributed by atoms with van der Waals surface area (Å²) in [6, 6.07) is 15.7. The number of carbonyl (C=O) groups is 1. The van der Waals surface area contributed by atoms with Crippen molar-refractivity contribution in [3.8, 4) is 11.5 Å². The van der Waals surface area contributed by atoms with Gasteiger partial charge in [-0.05, 0) is 87.4 Å². The summed E-state index contributed by atoms with van der Waals surface area (Å²) in [4.78, 5) is 19.1. The minimum absolute atomic E-state index is 0.0218. The second-order valence-corrected chi connectivity index (χ2v) is 14.4. The molecule has 7 atom stereocenters. The van der Waals surface area contributed by atoms with E-state index in [0.29, 0.717) is 30.2 Å². The average Bonchev–Trinajstić information content (AvgIpc) is 3.62. The second kappa shape index (κ2) is 12.7. The summed E-state index contributed by atoms with van der Waals surface area (Å²) >= 11 is 0. The quantitative estimate of drug-likeness (QED) is 0.258. The van der Waals surface area contributed by atoms with E-state index in [1.807, 2.05) is 0 Å². The van der Waals surface area contributed by atoms with Crippen LogP contribution in [0.1, 0.15) is 94.2 Å². The number of hydrogen-bond donors (Lipinski definition) is 1. The van der Waals surface area contributed by atoms with Crippen molar-refractivity contribution in [3.05, 3.63) is 59.2 Å². The molecule has 2 bridgehead atoms. The van der Waals surface area contributed by atoms with Gasteiger partial charge in [0.05, 0.1) is 19.3 Å². The Hall–Kier alpha value is -2.57. The molecule has 1 amide bonds. The molecule has 1 N–H and O–H groups in total. The van der Waals surface area contributed by atoms with E-state index in [1.54, 1.807) is 7.11 Å². The van der Waals surface area contributed by atoms with E-state index >= 15 is 0 Å². The first-order valence-corrected chi connectivity index (χ1v) is 17.7. The highest BCUT2D eigenvalue weighted by Crippen LogP contribution is 2.64. The van der Waals surface area contributed by atoms with Gasteiger partial charge in [-0.1, -0.05) is 62.6 Å². The molecule has 3 aliphatic carbocycles. The van der Waals surface area contributed by atoms with Gasteiger partial charge in [-0.3, -0.25) is 9.69 Å². The lowest BCUT2D eigenvalue weighted by Gasteiger charge is -2.60. The Morgan fingerprint density at radius 2 is 1.93 bits per heavy atom. The summed E-state index contributed by atoms with van der Waals surface area (Å²) in [6.07, 6.45) is 13.3. The maximum absolute atomic E-state index is 14.1. The van der Waals surface area contributed by atoms with E-state index < -0.39 is 0 Å². The fourth-order valence-corrected chi connectivity index (χ4v) is 9.60.